The monoisotopic (exact) mass is 435 g/mol. The number of aromatic nitrogens is 2. The average Bonchev–Trinajstić information content (AvgIpc) is 3.01. The van der Waals surface area contributed by atoms with Crippen molar-refractivity contribution in [1.82, 2.24) is 15.3 Å². The number of benzene rings is 2. The summed E-state index contributed by atoms with van der Waals surface area (Å²) in [5, 5.41) is 16.0. The van der Waals surface area contributed by atoms with Gasteiger partial charge in [0.05, 0.1) is 11.3 Å². The highest BCUT2D eigenvalue weighted by molar-refractivity contribution is 6.05. The lowest BCUT2D eigenvalue weighted by molar-refractivity contribution is -0.131. The molecule has 0 aliphatic carbocycles. The zero-order valence-electron chi connectivity index (χ0n) is 17.3. The molecule has 8 nitrogen and oxygen atoms in total. The molecule has 1 aliphatic heterocycles. The van der Waals surface area contributed by atoms with Crippen LogP contribution in [-0.4, -0.2) is 39.5 Å². The van der Waals surface area contributed by atoms with Gasteiger partial charge in [0, 0.05) is 23.7 Å². The second kappa shape index (κ2) is 8.45. The fraction of sp³-hybridized carbons (Fsp3) is 0.217. The van der Waals surface area contributed by atoms with Gasteiger partial charge in [-0.1, -0.05) is 24.3 Å². The molecule has 1 aliphatic rings. The van der Waals surface area contributed by atoms with E-state index in [2.05, 4.69) is 20.6 Å². The van der Waals surface area contributed by atoms with Crippen LogP contribution < -0.4 is 16.4 Å². The molecule has 2 amide bonds. The smallest absolute Gasteiger partial charge is 0.262 e. The van der Waals surface area contributed by atoms with Crippen molar-refractivity contribution in [2.45, 2.75) is 25.0 Å². The van der Waals surface area contributed by atoms with Crippen LogP contribution in [0.25, 0.3) is 11.3 Å². The Labute approximate surface area is 183 Å². The first kappa shape index (κ1) is 21.5. The van der Waals surface area contributed by atoms with Gasteiger partial charge in [0.1, 0.15) is 18.0 Å². The highest BCUT2D eigenvalue weighted by atomic mass is 19.1. The minimum atomic E-state index is -1.79. The van der Waals surface area contributed by atoms with Gasteiger partial charge in [-0.05, 0) is 43.2 Å². The van der Waals surface area contributed by atoms with Crippen LogP contribution in [0, 0.1) is 5.82 Å². The van der Waals surface area contributed by atoms with Crippen molar-refractivity contribution in [2.24, 2.45) is 5.73 Å². The molecule has 2 heterocycles. The lowest BCUT2D eigenvalue weighted by atomic mass is 9.93. The van der Waals surface area contributed by atoms with E-state index in [1.807, 2.05) is 0 Å². The molecule has 0 spiro atoms. The van der Waals surface area contributed by atoms with Crippen molar-refractivity contribution >= 4 is 17.6 Å². The quantitative estimate of drug-likeness (QED) is 0.467. The third-order valence-corrected chi connectivity index (χ3v) is 5.40. The summed E-state index contributed by atoms with van der Waals surface area (Å²) >= 11 is 0. The Morgan fingerprint density at radius 1 is 1.25 bits per heavy atom. The third-order valence-electron chi connectivity index (χ3n) is 5.40. The molecule has 2 unspecified atom stereocenters. The minimum absolute atomic E-state index is 0.179. The topological polar surface area (TPSA) is 130 Å². The normalized spacial score (nSPS) is 18.1. The zero-order valence-corrected chi connectivity index (χ0v) is 17.3. The molecule has 0 saturated carbocycles. The van der Waals surface area contributed by atoms with Crippen molar-refractivity contribution in [2.75, 3.05) is 11.9 Å². The second-order valence-electron chi connectivity index (χ2n) is 7.79. The van der Waals surface area contributed by atoms with Gasteiger partial charge in [0.2, 0.25) is 0 Å². The number of carbonyl (C=O) groups excluding carboxylic acids is 2. The zero-order chi connectivity index (χ0) is 22.9. The first-order valence-corrected chi connectivity index (χ1v) is 10.0. The molecular weight excluding hydrogens is 413 g/mol. The minimum Gasteiger partial charge on any atom is -0.375 e. The van der Waals surface area contributed by atoms with E-state index in [0.717, 1.165) is 5.56 Å². The molecule has 164 valence electrons. The summed E-state index contributed by atoms with van der Waals surface area (Å²) in [7, 11) is 0. The molecule has 4 rings (SSSR count). The standard InChI is InChI=1S/C23H22FN5O3/c1-23(32)18-19(26-12-27-20(18)29-22(23)31)14-5-3-6-15(10-14)21(30)28-17(11-25)9-13-4-2-7-16(24)8-13/h2-8,10,12,17,32H,9,11,25H2,1H3,(H,28,30)(H,26,27,29,31). The van der Waals surface area contributed by atoms with Crippen molar-refractivity contribution in [3.05, 3.63) is 77.4 Å². The van der Waals surface area contributed by atoms with Crippen molar-refractivity contribution in [3.8, 4) is 11.3 Å². The van der Waals surface area contributed by atoms with Gasteiger partial charge >= 0.3 is 0 Å². The predicted molar refractivity (Wildman–Crippen MR) is 116 cm³/mol. The van der Waals surface area contributed by atoms with Crippen LogP contribution in [0.5, 0.6) is 0 Å². The number of rotatable bonds is 6. The molecule has 5 N–H and O–H groups in total. The van der Waals surface area contributed by atoms with Gasteiger partial charge in [-0.2, -0.15) is 0 Å². The van der Waals surface area contributed by atoms with E-state index in [1.54, 1.807) is 36.4 Å². The van der Waals surface area contributed by atoms with Crippen molar-refractivity contribution in [3.63, 3.8) is 0 Å². The third kappa shape index (κ3) is 4.08. The van der Waals surface area contributed by atoms with Gasteiger partial charge < -0.3 is 21.5 Å². The number of hydrogen-bond acceptors (Lipinski definition) is 6. The van der Waals surface area contributed by atoms with Crippen LogP contribution in [0.3, 0.4) is 0 Å². The summed E-state index contributed by atoms with van der Waals surface area (Å²) in [6.45, 7) is 1.55. The summed E-state index contributed by atoms with van der Waals surface area (Å²) in [5.74, 6) is -1.06. The van der Waals surface area contributed by atoms with Gasteiger partial charge in [0.25, 0.3) is 11.8 Å². The Balaban J connectivity index is 1.58. The van der Waals surface area contributed by atoms with E-state index in [1.165, 1.54) is 25.4 Å². The predicted octanol–water partition coefficient (Wildman–Crippen LogP) is 1.74. The number of anilines is 1. The number of halogens is 1. The van der Waals surface area contributed by atoms with E-state index in [9.17, 15) is 19.1 Å². The SMILES string of the molecule is CC1(O)C(=O)Nc2ncnc(-c3cccc(C(=O)NC(CN)Cc4cccc(F)c4)c3)c21. The summed E-state index contributed by atoms with van der Waals surface area (Å²) in [5.41, 5.74) is 6.26. The van der Waals surface area contributed by atoms with E-state index >= 15 is 0 Å². The summed E-state index contributed by atoms with van der Waals surface area (Å²) in [6.07, 6.45) is 1.67. The van der Waals surface area contributed by atoms with E-state index in [-0.39, 0.29) is 35.7 Å². The number of carbonyl (C=O) groups is 2. The Kier molecular flexibility index (Phi) is 5.68. The Bertz CT molecular complexity index is 1200. The molecule has 3 aromatic rings. The largest absolute Gasteiger partial charge is 0.375 e. The maximum absolute atomic E-state index is 13.5. The number of nitrogens with zero attached hydrogens (tertiary/aromatic N) is 2. The highest BCUT2D eigenvalue weighted by Gasteiger charge is 2.44. The Morgan fingerprint density at radius 2 is 2.03 bits per heavy atom. The molecule has 32 heavy (non-hydrogen) atoms. The first-order chi connectivity index (χ1) is 15.3. The maximum Gasteiger partial charge on any atom is 0.262 e. The molecule has 0 fully saturated rings. The molecule has 9 heteroatoms. The van der Waals surface area contributed by atoms with Crippen molar-refractivity contribution < 1.29 is 19.1 Å². The van der Waals surface area contributed by atoms with Crippen LogP contribution >= 0.6 is 0 Å². The number of fused-ring (bicyclic) bond motifs is 1. The number of hydrogen-bond donors (Lipinski definition) is 4. The van der Waals surface area contributed by atoms with Crippen LogP contribution in [0.15, 0.2) is 54.9 Å². The van der Waals surface area contributed by atoms with Crippen LogP contribution in [-0.2, 0) is 16.8 Å². The second-order valence-corrected chi connectivity index (χ2v) is 7.79. The van der Waals surface area contributed by atoms with Gasteiger partial charge in [-0.25, -0.2) is 14.4 Å². The number of amides is 2. The average molecular weight is 435 g/mol. The van der Waals surface area contributed by atoms with E-state index < -0.39 is 11.5 Å². The summed E-state index contributed by atoms with van der Waals surface area (Å²) in [4.78, 5) is 33.3. The van der Waals surface area contributed by atoms with Gasteiger partial charge in [-0.3, -0.25) is 9.59 Å². The van der Waals surface area contributed by atoms with E-state index in [0.29, 0.717) is 23.2 Å². The van der Waals surface area contributed by atoms with Crippen LogP contribution in [0.2, 0.25) is 0 Å². The lowest BCUT2D eigenvalue weighted by Gasteiger charge is -2.18. The van der Waals surface area contributed by atoms with Crippen LogP contribution in [0.4, 0.5) is 10.2 Å². The van der Waals surface area contributed by atoms with Gasteiger partial charge in [-0.15, -0.1) is 0 Å². The van der Waals surface area contributed by atoms with E-state index in [4.69, 9.17) is 5.73 Å². The molecular formula is C23H22FN5O3. The summed E-state index contributed by atoms with van der Waals surface area (Å²) in [6, 6.07) is 12.4. The highest BCUT2D eigenvalue weighted by Crippen LogP contribution is 2.39. The fourth-order valence-corrected chi connectivity index (χ4v) is 3.72. The molecule has 1 aromatic heterocycles. The van der Waals surface area contributed by atoms with Gasteiger partial charge in [0.15, 0.2) is 5.60 Å². The molecule has 0 saturated heterocycles. The maximum atomic E-state index is 13.5. The molecule has 2 aromatic carbocycles. The molecule has 0 bridgehead atoms. The number of aliphatic hydroxyl groups is 1. The number of nitrogens with one attached hydrogen (secondary N) is 2. The number of nitrogens with two attached hydrogens (primary N) is 1. The molecule has 2 atom stereocenters. The summed E-state index contributed by atoms with van der Waals surface area (Å²) < 4.78 is 13.5. The Hall–Kier alpha value is -3.69. The first-order valence-electron chi connectivity index (χ1n) is 10.0. The molecule has 0 radical (unpaired) electrons. The van der Waals surface area contributed by atoms with Crippen molar-refractivity contribution in [1.29, 1.82) is 0 Å². The Morgan fingerprint density at radius 3 is 2.78 bits per heavy atom. The fourth-order valence-electron chi connectivity index (χ4n) is 3.72. The van der Waals surface area contributed by atoms with Crippen LogP contribution in [0.1, 0.15) is 28.4 Å². The lowest BCUT2D eigenvalue weighted by Crippen LogP contribution is -2.41.